The Morgan fingerprint density at radius 3 is 2.79 bits per heavy atom. The van der Waals surface area contributed by atoms with Gasteiger partial charge in [0.2, 0.25) is 5.88 Å². The van der Waals surface area contributed by atoms with Gasteiger partial charge in [-0.05, 0) is 32.9 Å². The fourth-order valence-electron chi connectivity index (χ4n) is 1.47. The summed E-state index contributed by atoms with van der Waals surface area (Å²) < 4.78 is 10.6. The fraction of sp³-hybridized carbons (Fsp3) is 0.571. The summed E-state index contributed by atoms with van der Waals surface area (Å²) in [4.78, 5) is 15.7. The normalized spacial score (nSPS) is 12.1. The molecule has 5 nitrogen and oxygen atoms in total. The van der Waals surface area contributed by atoms with Crippen LogP contribution in [-0.2, 0) is 9.53 Å². The molecule has 1 atom stereocenters. The van der Waals surface area contributed by atoms with Crippen molar-refractivity contribution in [1.82, 2.24) is 4.98 Å². The van der Waals surface area contributed by atoms with Gasteiger partial charge in [-0.15, -0.1) is 0 Å². The van der Waals surface area contributed by atoms with Crippen LogP contribution in [0.25, 0.3) is 0 Å². The molecular weight excluding hydrogens is 244 g/mol. The van der Waals surface area contributed by atoms with E-state index in [1.54, 1.807) is 13.1 Å². The summed E-state index contributed by atoms with van der Waals surface area (Å²) in [5.41, 5.74) is 0.785. The SMILES string of the molecule is CCOC(=O)C(C)CNc1cccnc1OC(C)C. The third kappa shape index (κ3) is 5.16. The van der Waals surface area contributed by atoms with Crippen LogP contribution in [0.15, 0.2) is 18.3 Å². The Labute approximate surface area is 114 Å². The first-order chi connectivity index (χ1) is 9.04. The third-order valence-electron chi connectivity index (χ3n) is 2.41. The van der Waals surface area contributed by atoms with Crippen LogP contribution >= 0.6 is 0 Å². The summed E-state index contributed by atoms with van der Waals surface area (Å²) in [6.07, 6.45) is 1.73. The molecule has 1 aromatic heterocycles. The minimum absolute atomic E-state index is 0.0536. The van der Waals surface area contributed by atoms with Crippen molar-refractivity contribution in [1.29, 1.82) is 0 Å². The van der Waals surface area contributed by atoms with Gasteiger partial charge in [0.25, 0.3) is 0 Å². The molecule has 0 aliphatic heterocycles. The number of nitrogens with one attached hydrogen (secondary N) is 1. The number of carbonyl (C=O) groups excluding carboxylic acids is 1. The van der Waals surface area contributed by atoms with Crippen LogP contribution in [-0.4, -0.2) is 30.2 Å². The number of ether oxygens (including phenoxy) is 2. The van der Waals surface area contributed by atoms with Crippen molar-refractivity contribution >= 4 is 11.7 Å². The maximum atomic E-state index is 11.5. The molecule has 0 radical (unpaired) electrons. The Hall–Kier alpha value is -1.78. The maximum Gasteiger partial charge on any atom is 0.310 e. The molecule has 106 valence electrons. The predicted octanol–water partition coefficient (Wildman–Crippen LogP) is 2.48. The Kier molecular flexibility index (Phi) is 6.12. The van der Waals surface area contributed by atoms with Crippen molar-refractivity contribution in [2.45, 2.75) is 33.8 Å². The van der Waals surface area contributed by atoms with E-state index in [1.807, 2.05) is 32.9 Å². The molecule has 0 aromatic carbocycles. The van der Waals surface area contributed by atoms with Crippen LogP contribution in [0.2, 0.25) is 0 Å². The number of carbonyl (C=O) groups is 1. The zero-order valence-corrected chi connectivity index (χ0v) is 12.0. The van der Waals surface area contributed by atoms with E-state index in [9.17, 15) is 4.79 Å². The standard InChI is InChI=1S/C14H22N2O3/c1-5-18-14(17)11(4)9-16-12-7-6-8-15-13(12)19-10(2)3/h6-8,10-11,16H,5,9H2,1-4H3. The minimum atomic E-state index is -0.216. The number of hydrogen-bond acceptors (Lipinski definition) is 5. The van der Waals surface area contributed by atoms with Crippen molar-refractivity contribution in [2.24, 2.45) is 5.92 Å². The molecular formula is C14H22N2O3. The molecule has 0 aliphatic carbocycles. The largest absolute Gasteiger partial charge is 0.473 e. The quantitative estimate of drug-likeness (QED) is 0.768. The van der Waals surface area contributed by atoms with E-state index in [4.69, 9.17) is 9.47 Å². The van der Waals surface area contributed by atoms with Gasteiger partial charge in [0.15, 0.2) is 0 Å². The molecule has 0 amide bonds. The van der Waals surface area contributed by atoms with Gasteiger partial charge in [-0.25, -0.2) is 4.98 Å². The second kappa shape index (κ2) is 7.61. The Morgan fingerprint density at radius 1 is 1.42 bits per heavy atom. The number of anilines is 1. The van der Waals surface area contributed by atoms with Crippen LogP contribution in [0.3, 0.4) is 0 Å². The second-order valence-electron chi connectivity index (χ2n) is 4.56. The summed E-state index contributed by atoms with van der Waals surface area (Å²) in [7, 11) is 0. The average molecular weight is 266 g/mol. The molecule has 1 aromatic rings. The Bertz CT molecular complexity index is 407. The minimum Gasteiger partial charge on any atom is -0.473 e. The van der Waals surface area contributed by atoms with E-state index in [2.05, 4.69) is 10.3 Å². The smallest absolute Gasteiger partial charge is 0.310 e. The van der Waals surface area contributed by atoms with E-state index in [1.165, 1.54) is 0 Å². The molecule has 0 fully saturated rings. The highest BCUT2D eigenvalue weighted by Crippen LogP contribution is 2.22. The van der Waals surface area contributed by atoms with E-state index in [0.29, 0.717) is 19.0 Å². The van der Waals surface area contributed by atoms with Crippen molar-refractivity contribution in [3.63, 3.8) is 0 Å². The van der Waals surface area contributed by atoms with Gasteiger partial charge in [0.1, 0.15) is 0 Å². The lowest BCUT2D eigenvalue weighted by atomic mass is 10.2. The van der Waals surface area contributed by atoms with Crippen LogP contribution in [0.5, 0.6) is 5.88 Å². The summed E-state index contributed by atoms with van der Waals surface area (Å²) in [5.74, 6) is 0.130. The highest BCUT2D eigenvalue weighted by molar-refractivity contribution is 5.72. The van der Waals surface area contributed by atoms with Crippen molar-refractivity contribution in [3.05, 3.63) is 18.3 Å². The molecule has 0 saturated carbocycles. The van der Waals surface area contributed by atoms with Crippen molar-refractivity contribution in [2.75, 3.05) is 18.5 Å². The van der Waals surface area contributed by atoms with Gasteiger partial charge in [-0.3, -0.25) is 4.79 Å². The lowest BCUT2D eigenvalue weighted by Crippen LogP contribution is -2.23. The maximum absolute atomic E-state index is 11.5. The van der Waals surface area contributed by atoms with Crippen LogP contribution in [0.4, 0.5) is 5.69 Å². The third-order valence-corrected chi connectivity index (χ3v) is 2.41. The van der Waals surface area contributed by atoms with Gasteiger partial charge < -0.3 is 14.8 Å². The number of pyridine rings is 1. The molecule has 19 heavy (non-hydrogen) atoms. The first-order valence-corrected chi connectivity index (χ1v) is 6.56. The Balaban J connectivity index is 2.59. The van der Waals surface area contributed by atoms with E-state index in [0.717, 1.165) is 5.69 Å². The van der Waals surface area contributed by atoms with Crippen LogP contribution in [0.1, 0.15) is 27.7 Å². The lowest BCUT2D eigenvalue weighted by molar-refractivity contribution is -0.146. The molecule has 1 heterocycles. The first-order valence-electron chi connectivity index (χ1n) is 6.56. The molecule has 1 N–H and O–H groups in total. The topological polar surface area (TPSA) is 60.5 Å². The number of nitrogens with zero attached hydrogens (tertiary/aromatic N) is 1. The zero-order valence-electron chi connectivity index (χ0n) is 12.0. The molecule has 5 heteroatoms. The fourth-order valence-corrected chi connectivity index (χ4v) is 1.47. The molecule has 1 unspecified atom stereocenters. The summed E-state index contributed by atoms with van der Waals surface area (Å²) in [5, 5.41) is 3.17. The average Bonchev–Trinajstić information content (AvgIpc) is 2.37. The van der Waals surface area contributed by atoms with Gasteiger partial charge in [-0.1, -0.05) is 6.92 Å². The van der Waals surface area contributed by atoms with E-state index in [-0.39, 0.29) is 18.0 Å². The van der Waals surface area contributed by atoms with Gasteiger partial charge in [0, 0.05) is 12.7 Å². The van der Waals surface area contributed by atoms with Crippen LogP contribution in [0, 0.1) is 5.92 Å². The summed E-state index contributed by atoms with van der Waals surface area (Å²) in [6, 6.07) is 3.70. The predicted molar refractivity (Wildman–Crippen MR) is 74.3 cm³/mol. The molecule has 0 aliphatic rings. The van der Waals surface area contributed by atoms with Crippen molar-refractivity contribution < 1.29 is 14.3 Å². The van der Waals surface area contributed by atoms with Gasteiger partial charge in [0.05, 0.1) is 24.3 Å². The molecule has 0 spiro atoms. The number of hydrogen-bond donors (Lipinski definition) is 1. The monoisotopic (exact) mass is 266 g/mol. The van der Waals surface area contributed by atoms with Gasteiger partial charge >= 0.3 is 5.97 Å². The highest BCUT2D eigenvalue weighted by atomic mass is 16.5. The number of aromatic nitrogens is 1. The number of esters is 1. The van der Waals surface area contributed by atoms with Gasteiger partial charge in [-0.2, -0.15) is 0 Å². The molecule has 0 bridgehead atoms. The first kappa shape index (κ1) is 15.3. The van der Waals surface area contributed by atoms with E-state index < -0.39 is 0 Å². The van der Waals surface area contributed by atoms with E-state index >= 15 is 0 Å². The molecule has 1 rings (SSSR count). The zero-order chi connectivity index (χ0) is 14.3. The summed E-state index contributed by atoms with van der Waals surface area (Å²) in [6.45, 7) is 8.40. The number of rotatable bonds is 7. The van der Waals surface area contributed by atoms with Crippen LogP contribution < -0.4 is 10.1 Å². The Morgan fingerprint density at radius 2 is 2.16 bits per heavy atom. The summed E-state index contributed by atoms with van der Waals surface area (Å²) >= 11 is 0. The lowest BCUT2D eigenvalue weighted by Gasteiger charge is -2.16. The second-order valence-corrected chi connectivity index (χ2v) is 4.56. The highest BCUT2D eigenvalue weighted by Gasteiger charge is 2.15. The molecule has 0 saturated heterocycles. The van der Waals surface area contributed by atoms with Crippen molar-refractivity contribution in [3.8, 4) is 5.88 Å².